The summed E-state index contributed by atoms with van der Waals surface area (Å²) in [6.07, 6.45) is 5.57. The van der Waals surface area contributed by atoms with Gasteiger partial charge in [0.15, 0.2) is 5.69 Å². The first-order valence-electron chi connectivity index (χ1n) is 9.51. The van der Waals surface area contributed by atoms with Gasteiger partial charge in [-0.15, -0.1) is 11.3 Å². The van der Waals surface area contributed by atoms with Crippen molar-refractivity contribution in [3.05, 3.63) is 29.3 Å². The van der Waals surface area contributed by atoms with Crippen LogP contribution in [-0.4, -0.2) is 34.7 Å². The average Bonchev–Trinajstić information content (AvgIpc) is 3.30. The highest BCUT2D eigenvalue weighted by Crippen LogP contribution is 2.62. The lowest BCUT2D eigenvalue weighted by molar-refractivity contribution is -0.171. The van der Waals surface area contributed by atoms with Crippen LogP contribution in [0, 0.1) is 17.3 Å². The summed E-state index contributed by atoms with van der Waals surface area (Å²) in [7, 11) is 1.47. The molecule has 4 fully saturated rings. The zero-order valence-corrected chi connectivity index (χ0v) is 16.1. The van der Waals surface area contributed by atoms with E-state index in [9.17, 15) is 9.59 Å². The number of ether oxygens (including phenoxy) is 1. The number of amides is 1. The molecule has 4 saturated carbocycles. The summed E-state index contributed by atoms with van der Waals surface area (Å²) in [5.41, 5.74) is 0.532. The second-order valence-electron chi connectivity index (χ2n) is 8.61. The number of carbonyl (C=O) groups is 2. The summed E-state index contributed by atoms with van der Waals surface area (Å²) in [5, 5.41) is 12.4. The predicted molar refractivity (Wildman–Crippen MR) is 101 cm³/mol. The van der Waals surface area contributed by atoms with Gasteiger partial charge in [-0.2, -0.15) is 5.10 Å². The van der Waals surface area contributed by atoms with Crippen molar-refractivity contribution in [3.63, 3.8) is 0 Å². The van der Waals surface area contributed by atoms with E-state index < -0.39 is 5.41 Å². The lowest BCUT2D eigenvalue weighted by Gasteiger charge is -2.60. The van der Waals surface area contributed by atoms with Gasteiger partial charge >= 0.3 is 5.97 Å². The van der Waals surface area contributed by atoms with Crippen molar-refractivity contribution in [2.75, 3.05) is 7.11 Å². The molecule has 2 aromatic rings. The van der Waals surface area contributed by atoms with Crippen molar-refractivity contribution in [2.24, 2.45) is 17.3 Å². The fourth-order valence-corrected chi connectivity index (χ4v) is 6.86. The van der Waals surface area contributed by atoms with Crippen molar-refractivity contribution in [1.29, 1.82) is 0 Å². The zero-order chi connectivity index (χ0) is 18.6. The summed E-state index contributed by atoms with van der Waals surface area (Å²) in [5.74, 6) is 0.726. The largest absolute Gasteiger partial charge is 0.469 e. The summed E-state index contributed by atoms with van der Waals surface area (Å²) < 4.78 is 5.15. The lowest BCUT2D eigenvalue weighted by atomic mass is 9.47. The molecule has 2 heterocycles. The van der Waals surface area contributed by atoms with Crippen molar-refractivity contribution >= 4 is 23.2 Å². The molecule has 2 atom stereocenters. The van der Waals surface area contributed by atoms with Crippen LogP contribution < -0.4 is 5.32 Å². The molecule has 0 unspecified atom stereocenters. The number of rotatable bonds is 4. The molecule has 6 rings (SSSR count). The highest BCUT2D eigenvalue weighted by atomic mass is 32.1. The molecule has 6 nitrogen and oxygen atoms in total. The third kappa shape index (κ3) is 2.71. The number of esters is 1. The Balaban J connectivity index is 1.39. The van der Waals surface area contributed by atoms with Crippen LogP contribution in [0.5, 0.6) is 0 Å². The number of carbonyl (C=O) groups excluding carboxylic acids is 2. The number of thiophene rings is 1. The van der Waals surface area contributed by atoms with Crippen molar-refractivity contribution in [2.45, 2.75) is 44.1 Å². The number of aromatic nitrogens is 2. The number of nitrogens with one attached hydrogen (secondary N) is 2. The fourth-order valence-electron chi connectivity index (χ4n) is 6.17. The van der Waals surface area contributed by atoms with Crippen LogP contribution in [0.15, 0.2) is 23.6 Å². The van der Waals surface area contributed by atoms with E-state index in [1.807, 2.05) is 17.5 Å². The number of aromatic amines is 1. The first-order valence-corrected chi connectivity index (χ1v) is 10.4. The van der Waals surface area contributed by atoms with Gasteiger partial charge in [0.1, 0.15) is 0 Å². The normalized spacial score (nSPS) is 33.8. The molecule has 0 radical (unpaired) electrons. The number of hydrogen-bond acceptors (Lipinski definition) is 5. The molecule has 27 heavy (non-hydrogen) atoms. The van der Waals surface area contributed by atoms with Crippen LogP contribution in [0.3, 0.4) is 0 Å². The number of methoxy groups -OCH3 is 1. The minimum Gasteiger partial charge on any atom is -0.469 e. The van der Waals surface area contributed by atoms with Gasteiger partial charge in [0.25, 0.3) is 5.91 Å². The van der Waals surface area contributed by atoms with Crippen LogP contribution in [0.25, 0.3) is 10.6 Å². The Morgan fingerprint density at radius 1 is 1.30 bits per heavy atom. The lowest BCUT2D eigenvalue weighted by Crippen LogP contribution is -2.64. The smallest absolute Gasteiger partial charge is 0.311 e. The Morgan fingerprint density at radius 3 is 2.74 bits per heavy atom. The molecule has 4 aliphatic rings. The first-order chi connectivity index (χ1) is 13.0. The Hall–Kier alpha value is -2.15. The topological polar surface area (TPSA) is 84.1 Å². The molecule has 4 bridgehead atoms. The van der Waals surface area contributed by atoms with Gasteiger partial charge in [-0.3, -0.25) is 14.7 Å². The van der Waals surface area contributed by atoms with E-state index in [1.165, 1.54) is 13.5 Å². The Morgan fingerprint density at radius 2 is 2.07 bits per heavy atom. The maximum atomic E-state index is 12.9. The molecule has 142 valence electrons. The molecule has 4 aliphatic carbocycles. The van der Waals surface area contributed by atoms with E-state index >= 15 is 0 Å². The molecule has 2 N–H and O–H groups in total. The quantitative estimate of drug-likeness (QED) is 0.790. The van der Waals surface area contributed by atoms with E-state index in [0.29, 0.717) is 24.0 Å². The average molecular weight is 385 g/mol. The number of H-pyrrole nitrogens is 1. The van der Waals surface area contributed by atoms with Crippen LogP contribution in [0.2, 0.25) is 0 Å². The molecule has 0 spiro atoms. The van der Waals surface area contributed by atoms with Gasteiger partial charge in [-0.25, -0.2) is 0 Å². The number of hydrogen-bond donors (Lipinski definition) is 2. The Labute approximate surface area is 161 Å². The van der Waals surface area contributed by atoms with Crippen molar-refractivity contribution in [1.82, 2.24) is 15.5 Å². The van der Waals surface area contributed by atoms with E-state index in [2.05, 4.69) is 15.5 Å². The fraction of sp³-hybridized carbons (Fsp3) is 0.550. The van der Waals surface area contributed by atoms with Gasteiger partial charge in [0.2, 0.25) is 0 Å². The summed E-state index contributed by atoms with van der Waals surface area (Å²) in [6.45, 7) is 0. The predicted octanol–water partition coefficient (Wildman–Crippen LogP) is 3.38. The van der Waals surface area contributed by atoms with E-state index in [1.54, 1.807) is 17.4 Å². The molecule has 0 saturated heterocycles. The van der Waals surface area contributed by atoms with Gasteiger partial charge in [0, 0.05) is 5.54 Å². The minimum absolute atomic E-state index is 0.102. The van der Waals surface area contributed by atoms with Crippen molar-refractivity contribution in [3.8, 4) is 10.6 Å². The molecule has 0 aromatic carbocycles. The van der Waals surface area contributed by atoms with Crippen LogP contribution in [-0.2, 0) is 9.53 Å². The molecular weight excluding hydrogens is 362 g/mol. The van der Waals surface area contributed by atoms with Gasteiger partial charge in [0.05, 0.1) is 23.1 Å². The van der Waals surface area contributed by atoms with E-state index in [0.717, 1.165) is 36.3 Å². The van der Waals surface area contributed by atoms with E-state index in [-0.39, 0.29) is 17.4 Å². The van der Waals surface area contributed by atoms with Gasteiger partial charge in [-0.05, 0) is 67.9 Å². The molecular formula is C20H23N3O3S. The minimum atomic E-state index is -0.417. The molecule has 2 aromatic heterocycles. The molecule has 0 aliphatic heterocycles. The zero-order valence-electron chi connectivity index (χ0n) is 15.3. The third-order valence-corrected chi connectivity index (χ3v) is 7.56. The number of nitrogens with zero attached hydrogens (tertiary/aromatic N) is 1. The Bertz CT molecular complexity index is 874. The van der Waals surface area contributed by atoms with Crippen LogP contribution >= 0.6 is 11.3 Å². The Kier molecular flexibility index (Phi) is 3.73. The van der Waals surface area contributed by atoms with Crippen LogP contribution in [0.4, 0.5) is 0 Å². The van der Waals surface area contributed by atoms with Crippen molar-refractivity contribution < 1.29 is 14.3 Å². The summed E-state index contributed by atoms with van der Waals surface area (Å²) in [6, 6.07) is 5.78. The monoisotopic (exact) mass is 385 g/mol. The molecule has 1 amide bonds. The highest BCUT2D eigenvalue weighted by molar-refractivity contribution is 7.13. The summed E-state index contributed by atoms with van der Waals surface area (Å²) >= 11 is 1.61. The molecule has 7 heteroatoms. The first kappa shape index (κ1) is 17.0. The summed E-state index contributed by atoms with van der Waals surface area (Å²) in [4.78, 5) is 26.6. The standard InChI is InChI=1S/C20H23N3O3S/c1-26-18(25)19-7-12-5-13(8-19)10-20(9-12,11-19)21-17(24)15-6-14(22-23-15)16-3-2-4-27-16/h2-4,6,12-13H,5,7-11H2,1H3,(H,21,24)(H,22,23)/t12-,13-,19?,20?/m0/s1. The highest BCUT2D eigenvalue weighted by Gasteiger charge is 2.61. The van der Waals surface area contributed by atoms with Gasteiger partial charge in [-0.1, -0.05) is 6.07 Å². The SMILES string of the molecule is COC(=O)C12C[C@@H]3C[C@H](CC(NC(=O)c4cc(-c5cccs5)[nH]n4)(C3)C1)C2. The third-order valence-electron chi connectivity index (χ3n) is 6.66. The van der Waals surface area contributed by atoms with E-state index in [4.69, 9.17) is 4.74 Å². The van der Waals surface area contributed by atoms with Crippen LogP contribution in [0.1, 0.15) is 49.0 Å². The second kappa shape index (κ2) is 5.92. The van der Waals surface area contributed by atoms with Gasteiger partial charge < -0.3 is 10.1 Å². The maximum Gasteiger partial charge on any atom is 0.311 e. The second-order valence-corrected chi connectivity index (χ2v) is 9.56. The maximum absolute atomic E-state index is 12.9.